The third-order valence-corrected chi connectivity index (χ3v) is 2.77. The smallest absolute Gasteiger partial charge is 0.320 e. The lowest BCUT2D eigenvalue weighted by Crippen LogP contribution is -2.42. The Labute approximate surface area is 98.3 Å². The van der Waals surface area contributed by atoms with Crippen molar-refractivity contribution < 1.29 is 24.9 Å². The molecule has 6 heteroatoms. The molecular weight excluding hydrogens is 226 g/mol. The molecular formula is C11H15NO5. The molecule has 1 aliphatic rings. The van der Waals surface area contributed by atoms with E-state index in [4.69, 9.17) is 5.11 Å². The normalized spacial score (nSPS) is 28.9. The molecule has 0 saturated heterocycles. The number of nitrogens with one attached hydrogen (secondary N) is 1. The van der Waals surface area contributed by atoms with Gasteiger partial charge in [0.1, 0.15) is 11.5 Å². The van der Waals surface area contributed by atoms with Crippen LogP contribution in [0, 0.1) is 5.41 Å². The minimum Gasteiger partial charge on any atom is -0.480 e. The Morgan fingerprint density at radius 1 is 1.35 bits per heavy atom. The molecule has 6 nitrogen and oxygen atoms in total. The van der Waals surface area contributed by atoms with Crippen LogP contribution in [-0.4, -0.2) is 46.5 Å². The summed E-state index contributed by atoms with van der Waals surface area (Å²) in [5.41, 5.74) is -1.38. The van der Waals surface area contributed by atoms with Crippen LogP contribution in [-0.2, 0) is 9.59 Å². The zero-order valence-electron chi connectivity index (χ0n) is 9.33. The van der Waals surface area contributed by atoms with Crippen LogP contribution in [0.5, 0.6) is 0 Å². The fourth-order valence-electron chi connectivity index (χ4n) is 1.68. The first-order valence-electron chi connectivity index (χ1n) is 5.11. The molecule has 0 aromatic heterocycles. The van der Waals surface area contributed by atoms with E-state index in [9.17, 15) is 19.8 Å². The summed E-state index contributed by atoms with van der Waals surface area (Å²) in [7, 11) is 1.46. The van der Waals surface area contributed by atoms with Gasteiger partial charge in [0.2, 0.25) is 0 Å². The molecule has 0 spiro atoms. The van der Waals surface area contributed by atoms with E-state index in [2.05, 4.69) is 5.32 Å². The summed E-state index contributed by atoms with van der Waals surface area (Å²) < 4.78 is 0. The van der Waals surface area contributed by atoms with Crippen LogP contribution in [0.4, 0.5) is 0 Å². The quantitative estimate of drug-likeness (QED) is 0.488. The standard InChI is InChI=1S/C11H15NO5/c1-12-8(9(14)15)6-11(10(16)17)4-2-7(13)3-5-11/h2-5,7-8,12-13H,6H2,1H3,(H,14,15)(H,16,17). The number of aliphatic hydroxyl groups is 1. The average Bonchev–Trinajstić information content (AvgIpc) is 2.28. The van der Waals surface area contributed by atoms with Crippen LogP contribution < -0.4 is 5.32 Å². The largest absolute Gasteiger partial charge is 0.480 e. The number of aliphatic hydroxyl groups excluding tert-OH is 1. The first-order chi connectivity index (χ1) is 7.91. The van der Waals surface area contributed by atoms with Crippen LogP contribution in [0.2, 0.25) is 0 Å². The summed E-state index contributed by atoms with van der Waals surface area (Å²) in [4.78, 5) is 22.1. The Hall–Kier alpha value is -1.66. The van der Waals surface area contributed by atoms with Crippen molar-refractivity contribution in [2.45, 2.75) is 18.6 Å². The maximum atomic E-state index is 11.3. The van der Waals surface area contributed by atoms with Gasteiger partial charge in [-0.2, -0.15) is 0 Å². The Morgan fingerprint density at radius 2 is 1.88 bits per heavy atom. The average molecular weight is 241 g/mol. The van der Waals surface area contributed by atoms with E-state index in [1.165, 1.54) is 31.4 Å². The van der Waals surface area contributed by atoms with Gasteiger partial charge in [-0.1, -0.05) is 24.3 Å². The second-order valence-electron chi connectivity index (χ2n) is 3.94. The highest BCUT2D eigenvalue weighted by Gasteiger charge is 2.39. The summed E-state index contributed by atoms with van der Waals surface area (Å²) in [6.45, 7) is 0. The maximum Gasteiger partial charge on any atom is 0.320 e. The van der Waals surface area contributed by atoms with Crippen LogP contribution in [0.15, 0.2) is 24.3 Å². The molecule has 0 heterocycles. The van der Waals surface area contributed by atoms with E-state index in [0.29, 0.717) is 0 Å². The van der Waals surface area contributed by atoms with E-state index >= 15 is 0 Å². The highest BCUT2D eigenvalue weighted by Crippen LogP contribution is 2.31. The van der Waals surface area contributed by atoms with Crippen molar-refractivity contribution in [3.05, 3.63) is 24.3 Å². The van der Waals surface area contributed by atoms with Gasteiger partial charge in [-0.05, 0) is 13.5 Å². The van der Waals surface area contributed by atoms with Gasteiger partial charge in [0.15, 0.2) is 0 Å². The summed E-state index contributed by atoms with van der Waals surface area (Å²) in [6.07, 6.45) is 4.39. The van der Waals surface area contributed by atoms with Gasteiger partial charge in [0.05, 0.1) is 6.10 Å². The first kappa shape index (κ1) is 13.4. The van der Waals surface area contributed by atoms with E-state index in [0.717, 1.165) is 0 Å². The molecule has 0 aromatic carbocycles. The summed E-state index contributed by atoms with van der Waals surface area (Å²) in [5, 5.41) is 29.9. The monoisotopic (exact) mass is 241 g/mol. The van der Waals surface area contributed by atoms with Gasteiger partial charge in [-0.3, -0.25) is 9.59 Å². The molecule has 0 saturated carbocycles. The zero-order valence-corrected chi connectivity index (χ0v) is 9.33. The first-order valence-corrected chi connectivity index (χ1v) is 5.11. The van der Waals surface area contributed by atoms with Crippen molar-refractivity contribution >= 4 is 11.9 Å². The molecule has 0 fully saturated rings. The van der Waals surface area contributed by atoms with Crippen molar-refractivity contribution in [3.8, 4) is 0 Å². The number of hydrogen-bond donors (Lipinski definition) is 4. The lowest BCUT2D eigenvalue weighted by Gasteiger charge is -2.28. The minimum absolute atomic E-state index is 0.117. The predicted octanol–water partition coefficient (Wildman–Crippen LogP) is -0.393. The van der Waals surface area contributed by atoms with E-state index in [1.807, 2.05) is 0 Å². The Kier molecular flexibility index (Phi) is 4.03. The van der Waals surface area contributed by atoms with Gasteiger partial charge in [0, 0.05) is 0 Å². The Morgan fingerprint density at radius 3 is 2.24 bits per heavy atom. The van der Waals surface area contributed by atoms with Gasteiger partial charge in [0.25, 0.3) is 0 Å². The number of rotatable bonds is 5. The lowest BCUT2D eigenvalue weighted by molar-refractivity contribution is -0.146. The highest BCUT2D eigenvalue weighted by atomic mass is 16.4. The summed E-state index contributed by atoms with van der Waals surface area (Å²) in [5.74, 6) is -2.25. The number of likely N-dealkylation sites (N-methyl/N-ethyl adjacent to an activating group) is 1. The number of hydrogen-bond acceptors (Lipinski definition) is 4. The van der Waals surface area contributed by atoms with Crippen LogP contribution >= 0.6 is 0 Å². The van der Waals surface area contributed by atoms with E-state index in [-0.39, 0.29) is 6.42 Å². The van der Waals surface area contributed by atoms with Gasteiger partial charge >= 0.3 is 11.9 Å². The molecule has 17 heavy (non-hydrogen) atoms. The van der Waals surface area contributed by atoms with Crippen molar-refractivity contribution in [2.75, 3.05) is 7.05 Å². The van der Waals surface area contributed by atoms with Gasteiger partial charge < -0.3 is 20.6 Å². The molecule has 1 aliphatic carbocycles. The summed E-state index contributed by atoms with van der Waals surface area (Å²) >= 11 is 0. The summed E-state index contributed by atoms with van der Waals surface area (Å²) in [6, 6.07) is -0.962. The predicted molar refractivity (Wildman–Crippen MR) is 59.5 cm³/mol. The Balaban J connectivity index is 2.95. The molecule has 4 N–H and O–H groups in total. The number of carboxylic acids is 2. The van der Waals surface area contributed by atoms with Crippen LogP contribution in [0.1, 0.15) is 6.42 Å². The minimum atomic E-state index is -1.38. The van der Waals surface area contributed by atoms with Crippen molar-refractivity contribution in [3.63, 3.8) is 0 Å². The number of carbonyl (C=O) groups is 2. The molecule has 1 unspecified atom stereocenters. The van der Waals surface area contributed by atoms with E-state index in [1.54, 1.807) is 0 Å². The third-order valence-electron chi connectivity index (χ3n) is 2.77. The molecule has 94 valence electrons. The second kappa shape index (κ2) is 5.11. The topological polar surface area (TPSA) is 107 Å². The maximum absolute atomic E-state index is 11.3. The molecule has 0 radical (unpaired) electrons. The fourth-order valence-corrected chi connectivity index (χ4v) is 1.68. The molecule has 0 bridgehead atoms. The molecule has 1 atom stereocenters. The SMILES string of the molecule is CNC(CC1(C(=O)O)C=CC(O)C=C1)C(=O)O. The van der Waals surface area contributed by atoms with E-state index < -0.39 is 29.5 Å². The van der Waals surface area contributed by atoms with Crippen molar-refractivity contribution in [1.29, 1.82) is 0 Å². The van der Waals surface area contributed by atoms with Gasteiger partial charge in [-0.15, -0.1) is 0 Å². The molecule has 0 aliphatic heterocycles. The Bertz CT molecular complexity index is 360. The third kappa shape index (κ3) is 2.92. The van der Waals surface area contributed by atoms with Crippen LogP contribution in [0.25, 0.3) is 0 Å². The highest BCUT2D eigenvalue weighted by molar-refractivity contribution is 5.82. The van der Waals surface area contributed by atoms with Crippen molar-refractivity contribution in [2.24, 2.45) is 5.41 Å². The fraction of sp³-hybridized carbons (Fsp3) is 0.455. The number of aliphatic carboxylic acids is 2. The zero-order chi connectivity index (χ0) is 13.1. The number of carboxylic acid groups (broad SMARTS) is 2. The lowest BCUT2D eigenvalue weighted by atomic mass is 9.78. The second-order valence-corrected chi connectivity index (χ2v) is 3.94. The van der Waals surface area contributed by atoms with Gasteiger partial charge in [-0.25, -0.2) is 0 Å². The van der Waals surface area contributed by atoms with Crippen LogP contribution in [0.3, 0.4) is 0 Å². The molecule has 1 rings (SSSR count). The van der Waals surface area contributed by atoms with Crippen molar-refractivity contribution in [1.82, 2.24) is 5.32 Å². The molecule has 0 aromatic rings. The molecule has 0 amide bonds.